The molecule has 118 valence electrons. The molecule has 0 bridgehead atoms. The Bertz CT molecular complexity index is 669. The molecule has 22 heavy (non-hydrogen) atoms. The van der Waals surface area contributed by atoms with Crippen molar-refractivity contribution in [2.75, 3.05) is 20.3 Å². The van der Waals surface area contributed by atoms with E-state index in [1.807, 2.05) is 31.2 Å². The second kappa shape index (κ2) is 7.05. The van der Waals surface area contributed by atoms with Gasteiger partial charge in [0, 0.05) is 19.1 Å². The van der Waals surface area contributed by atoms with Crippen LogP contribution in [-0.2, 0) is 4.74 Å². The Kier molecular flexibility index (Phi) is 5.34. The predicted molar refractivity (Wildman–Crippen MR) is 86.2 cm³/mol. The summed E-state index contributed by atoms with van der Waals surface area (Å²) in [5.41, 5.74) is -0.427. The Balaban J connectivity index is 2.29. The van der Waals surface area contributed by atoms with E-state index >= 15 is 0 Å². The molecule has 1 aromatic carbocycles. The Morgan fingerprint density at radius 1 is 1.45 bits per heavy atom. The molecule has 0 saturated heterocycles. The molecular weight excluding hydrogens is 304 g/mol. The van der Waals surface area contributed by atoms with Crippen LogP contribution in [0.1, 0.15) is 23.8 Å². The van der Waals surface area contributed by atoms with E-state index in [9.17, 15) is 4.79 Å². The Morgan fingerprint density at radius 2 is 2.18 bits per heavy atom. The first-order valence-corrected chi connectivity index (χ1v) is 7.34. The number of ether oxygens (including phenoxy) is 1. The fourth-order valence-electron chi connectivity index (χ4n) is 2.35. The van der Waals surface area contributed by atoms with Crippen molar-refractivity contribution in [3.8, 4) is 0 Å². The average Bonchev–Trinajstić information content (AvgIpc) is 2.47. The van der Waals surface area contributed by atoms with Crippen LogP contribution in [0, 0.1) is 0 Å². The van der Waals surface area contributed by atoms with Crippen LogP contribution >= 0.6 is 11.6 Å². The van der Waals surface area contributed by atoms with Gasteiger partial charge < -0.3 is 15.2 Å². The number of aromatic nitrogens is 1. The molecule has 2 rings (SSSR count). The van der Waals surface area contributed by atoms with Gasteiger partial charge in [0.05, 0.1) is 12.1 Å². The molecule has 0 aliphatic heterocycles. The number of nitrogens with one attached hydrogen (secondary N) is 1. The average molecular weight is 323 g/mol. The molecule has 6 heteroatoms. The summed E-state index contributed by atoms with van der Waals surface area (Å²) in [5, 5.41) is 14.0. The van der Waals surface area contributed by atoms with E-state index in [1.54, 1.807) is 13.2 Å². The lowest BCUT2D eigenvalue weighted by Crippen LogP contribution is -2.50. The highest BCUT2D eigenvalue weighted by Gasteiger charge is 2.27. The van der Waals surface area contributed by atoms with Crippen LogP contribution in [0.5, 0.6) is 0 Å². The zero-order valence-electron chi connectivity index (χ0n) is 12.6. The molecule has 1 heterocycles. The third kappa shape index (κ3) is 3.74. The summed E-state index contributed by atoms with van der Waals surface area (Å²) in [5.74, 6) is -0.347. The van der Waals surface area contributed by atoms with Crippen molar-refractivity contribution in [3.05, 3.63) is 41.2 Å². The third-order valence-electron chi connectivity index (χ3n) is 3.47. The number of pyridine rings is 1. The normalized spacial score (nSPS) is 13.8. The van der Waals surface area contributed by atoms with E-state index in [-0.39, 0.29) is 18.2 Å². The Morgan fingerprint density at radius 3 is 2.86 bits per heavy atom. The predicted octanol–water partition coefficient (Wildman–Crippen LogP) is 2.41. The highest BCUT2D eigenvalue weighted by Crippen LogP contribution is 2.22. The minimum absolute atomic E-state index is 0.0496. The number of rotatable bonds is 6. The van der Waals surface area contributed by atoms with E-state index in [0.29, 0.717) is 18.2 Å². The van der Waals surface area contributed by atoms with Crippen molar-refractivity contribution in [1.29, 1.82) is 0 Å². The number of benzene rings is 1. The molecule has 2 aromatic rings. The first-order chi connectivity index (χ1) is 10.5. The van der Waals surface area contributed by atoms with Gasteiger partial charge in [-0.25, -0.2) is 4.98 Å². The van der Waals surface area contributed by atoms with Crippen molar-refractivity contribution < 1.29 is 14.6 Å². The lowest BCUT2D eigenvalue weighted by Gasteiger charge is -2.29. The van der Waals surface area contributed by atoms with Crippen molar-refractivity contribution in [2.45, 2.75) is 18.9 Å². The molecule has 0 radical (unpaired) electrons. The Hall–Kier alpha value is -1.69. The quantitative estimate of drug-likeness (QED) is 0.801. The van der Waals surface area contributed by atoms with Gasteiger partial charge in [0.1, 0.15) is 10.8 Å². The van der Waals surface area contributed by atoms with Crippen LogP contribution in [-0.4, -0.2) is 41.9 Å². The van der Waals surface area contributed by atoms with E-state index in [4.69, 9.17) is 21.4 Å². The molecule has 0 aliphatic carbocycles. The number of fused-ring (bicyclic) bond motifs is 1. The summed E-state index contributed by atoms with van der Waals surface area (Å²) < 4.78 is 5.12. The number of nitrogens with zero attached hydrogens (tertiary/aromatic N) is 1. The number of hydrogen-bond donors (Lipinski definition) is 2. The first kappa shape index (κ1) is 16.7. The van der Waals surface area contributed by atoms with Crippen molar-refractivity contribution in [3.63, 3.8) is 0 Å². The van der Waals surface area contributed by atoms with Crippen LogP contribution < -0.4 is 5.32 Å². The van der Waals surface area contributed by atoms with Gasteiger partial charge in [-0.05, 0) is 24.8 Å². The smallest absolute Gasteiger partial charge is 0.270 e. The fraction of sp³-hybridized carbons (Fsp3) is 0.375. The molecule has 0 saturated carbocycles. The number of amides is 1. The highest BCUT2D eigenvalue weighted by molar-refractivity contribution is 6.34. The van der Waals surface area contributed by atoms with Crippen LogP contribution in [0.4, 0.5) is 0 Å². The van der Waals surface area contributed by atoms with E-state index in [2.05, 4.69) is 10.3 Å². The molecule has 1 atom stereocenters. The molecule has 0 aliphatic rings. The number of halogens is 1. The maximum Gasteiger partial charge on any atom is 0.270 e. The molecule has 2 N–H and O–H groups in total. The minimum Gasteiger partial charge on any atom is -0.396 e. The van der Waals surface area contributed by atoms with Crippen molar-refractivity contribution in [1.82, 2.24) is 10.3 Å². The largest absolute Gasteiger partial charge is 0.396 e. The summed E-state index contributed by atoms with van der Waals surface area (Å²) in [6.45, 7) is 2.06. The zero-order chi connectivity index (χ0) is 16.2. The van der Waals surface area contributed by atoms with Crippen LogP contribution in [0.15, 0.2) is 30.3 Å². The SMILES string of the molecule is COCC(C)(CCO)NC(=O)c1cc2ccccc2c(Cl)n1. The number of aliphatic hydroxyl groups excluding tert-OH is 1. The molecule has 5 nitrogen and oxygen atoms in total. The van der Waals surface area contributed by atoms with Crippen LogP contribution in [0.2, 0.25) is 5.15 Å². The summed E-state index contributed by atoms with van der Waals surface area (Å²) in [6, 6.07) is 9.17. The van der Waals surface area contributed by atoms with Crippen LogP contribution in [0.25, 0.3) is 10.8 Å². The van der Waals surface area contributed by atoms with Gasteiger partial charge in [-0.2, -0.15) is 0 Å². The summed E-state index contributed by atoms with van der Waals surface area (Å²) in [6.07, 6.45) is 0.383. The molecule has 1 aromatic heterocycles. The molecule has 0 spiro atoms. The van der Waals surface area contributed by atoms with E-state index in [1.165, 1.54) is 0 Å². The van der Waals surface area contributed by atoms with Gasteiger partial charge in [0.15, 0.2) is 0 Å². The van der Waals surface area contributed by atoms with E-state index < -0.39 is 5.54 Å². The maximum atomic E-state index is 12.4. The fourth-order valence-corrected chi connectivity index (χ4v) is 2.61. The summed E-state index contributed by atoms with van der Waals surface area (Å²) >= 11 is 6.14. The number of carbonyl (C=O) groups excluding carboxylic acids is 1. The lowest BCUT2D eigenvalue weighted by atomic mass is 9.99. The monoisotopic (exact) mass is 322 g/mol. The number of hydrogen-bond acceptors (Lipinski definition) is 4. The standard InChI is InChI=1S/C16H19ClN2O3/c1-16(7-8-20,10-22-2)19-15(21)13-9-11-5-3-4-6-12(11)14(17)18-13/h3-6,9,20H,7-8,10H2,1-2H3,(H,19,21). The first-order valence-electron chi connectivity index (χ1n) is 6.97. The number of aliphatic hydroxyl groups is 1. The second-order valence-electron chi connectivity index (χ2n) is 5.44. The van der Waals surface area contributed by atoms with Gasteiger partial charge in [0.2, 0.25) is 0 Å². The summed E-state index contributed by atoms with van der Waals surface area (Å²) in [4.78, 5) is 16.6. The number of carbonyl (C=O) groups is 1. The topological polar surface area (TPSA) is 71.5 Å². The van der Waals surface area contributed by atoms with Gasteiger partial charge in [-0.1, -0.05) is 35.9 Å². The molecule has 0 fully saturated rings. The lowest BCUT2D eigenvalue weighted by molar-refractivity contribution is 0.0721. The summed E-state index contributed by atoms with van der Waals surface area (Å²) in [7, 11) is 1.55. The minimum atomic E-state index is -0.666. The maximum absolute atomic E-state index is 12.4. The Labute approximate surface area is 134 Å². The molecule has 1 amide bonds. The molecular formula is C16H19ClN2O3. The van der Waals surface area contributed by atoms with E-state index in [0.717, 1.165) is 10.8 Å². The zero-order valence-corrected chi connectivity index (χ0v) is 13.4. The van der Waals surface area contributed by atoms with Gasteiger partial charge in [-0.15, -0.1) is 0 Å². The van der Waals surface area contributed by atoms with Crippen molar-refractivity contribution in [2.24, 2.45) is 0 Å². The third-order valence-corrected chi connectivity index (χ3v) is 3.76. The van der Waals surface area contributed by atoms with Gasteiger partial charge >= 0.3 is 0 Å². The highest BCUT2D eigenvalue weighted by atomic mass is 35.5. The van der Waals surface area contributed by atoms with Gasteiger partial charge in [-0.3, -0.25) is 4.79 Å². The molecule has 1 unspecified atom stereocenters. The van der Waals surface area contributed by atoms with Crippen molar-refractivity contribution >= 4 is 28.3 Å². The second-order valence-corrected chi connectivity index (χ2v) is 5.80. The number of methoxy groups -OCH3 is 1. The van der Waals surface area contributed by atoms with Gasteiger partial charge in [0.25, 0.3) is 5.91 Å². The van der Waals surface area contributed by atoms with Crippen LogP contribution in [0.3, 0.4) is 0 Å².